The lowest BCUT2D eigenvalue weighted by molar-refractivity contribution is 0.356. The second-order valence-corrected chi connectivity index (χ2v) is 9.75. The fraction of sp³-hybridized carbons (Fsp3) is 0.259. The van der Waals surface area contributed by atoms with Crippen LogP contribution in [0.25, 0.3) is 0 Å². The van der Waals surface area contributed by atoms with E-state index in [1.165, 1.54) is 0 Å². The lowest BCUT2D eigenvalue weighted by Crippen LogP contribution is -2.34. The van der Waals surface area contributed by atoms with Crippen LogP contribution in [0, 0.1) is 0 Å². The van der Waals surface area contributed by atoms with Crippen molar-refractivity contribution in [2.75, 3.05) is 28.2 Å². The number of nitrogens with zero attached hydrogens (tertiary/aromatic N) is 4. The summed E-state index contributed by atoms with van der Waals surface area (Å²) in [5.41, 5.74) is 3.43. The molecule has 6 nitrogen and oxygen atoms in total. The fourth-order valence-electron chi connectivity index (χ4n) is 3.29. The molecule has 0 saturated carbocycles. The van der Waals surface area contributed by atoms with Crippen LogP contribution in [0.1, 0.15) is 16.7 Å². The van der Waals surface area contributed by atoms with Crippen molar-refractivity contribution >= 4 is 21.1 Å². The molecule has 0 fully saturated rings. The smallest absolute Gasteiger partial charge is 0.303 e. The summed E-state index contributed by atoms with van der Waals surface area (Å²) in [5.74, 6) is 1.26. The van der Waals surface area contributed by atoms with Crippen molar-refractivity contribution in [2.24, 2.45) is 10.2 Å². The first-order valence-electron chi connectivity index (χ1n) is 11.3. The molecule has 0 aliphatic carbocycles. The molecule has 0 aliphatic rings. The summed E-state index contributed by atoms with van der Waals surface area (Å²) in [4.78, 5) is 0. The average Bonchev–Trinajstić information content (AvgIpc) is 2.80. The molecule has 0 heterocycles. The Morgan fingerprint density at radius 2 is 0.941 bits per heavy atom. The Hall–Kier alpha value is -3.58. The van der Waals surface area contributed by atoms with E-state index in [4.69, 9.17) is 8.85 Å². The quantitative estimate of drug-likeness (QED) is 0.188. The third-order valence-electron chi connectivity index (χ3n) is 4.67. The Morgan fingerprint density at radius 1 is 0.588 bits per heavy atom. The Morgan fingerprint density at radius 3 is 1.29 bits per heavy atom. The normalized spacial score (nSPS) is 11.6. The summed E-state index contributed by atoms with van der Waals surface area (Å²) in [6.45, 7) is 0. The highest BCUT2D eigenvalue weighted by Crippen LogP contribution is 2.11. The predicted octanol–water partition coefficient (Wildman–Crippen LogP) is 4.53. The van der Waals surface area contributed by atoms with E-state index < -0.39 is 9.28 Å². The summed E-state index contributed by atoms with van der Waals surface area (Å²) in [7, 11) is 5.75. The first-order chi connectivity index (χ1) is 16.5. The van der Waals surface area contributed by atoms with Gasteiger partial charge in [0.25, 0.3) is 11.8 Å². The molecular weight excluding hydrogens is 440 g/mol. The monoisotopic (exact) mass is 473 g/mol. The Balaban J connectivity index is 1.86. The molecule has 34 heavy (non-hydrogen) atoms. The van der Waals surface area contributed by atoms with Gasteiger partial charge in [0.1, 0.15) is 0 Å². The van der Waals surface area contributed by atoms with Crippen molar-refractivity contribution in [1.82, 2.24) is 10.0 Å². The molecule has 3 aromatic rings. The third kappa shape index (κ3) is 9.11. The molecule has 0 unspecified atom stereocenters. The highest BCUT2D eigenvalue weighted by atomic mass is 28.3. The molecule has 0 bridgehead atoms. The summed E-state index contributed by atoms with van der Waals surface area (Å²) < 4.78 is 13.0. The minimum Gasteiger partial charge on any atom is -0.303 e. The lowest BCUT2D eigenvalue weighted by atomic mass is 10.1. The van der Waals surface area contributed by atoms with Gasteiger partial charge in [-0.1, -0.05) is 91.0 Å². The van der Waals surface area contributed by atoms with Crippen LogP contribution in [0.3, 0.4) is 0 Å². The highest BCUT2D eigenvalue weighted by Gasteiger charge is 2.41. The highest BCUT2D eigenvalue weighted by molar-refractivity contribution is 6.48. The van der Waals surface area contributed by atoms with Crippen LogP contribution in [0.2, 0.25) is 0 Å². The molecule has 0 N–H and O–H groups in total. The van der Waals surface area contributed by atoms with Crippen molar-refractivity contribution in [2.45, 2.75) is 18.9 Å². The van der Waals surface area contributed by atoms with Crippen molar-refractivity contribution in [1.29, 1.82) is 0 Å². The Labute approximate surface area is 205 Å². The summed E-state index contributed by atoms with van der Waals surface area (Å²) in [5, 5.41) is 12.8. The van der Waals surface area contributed by atoms with Gasteiger partial charge >= 0.3 is 9.28 Å². The van der Waals surface area contributed by atoms with E-state index in [0.29, 0.717) is 30.7 Å². The molecule has 176 valence electrons. The maximum atomic E-state index is 6.51. The molecule has 0 radical (unpaired) electrons. The molecule has 7 heteroatoms. The largest absolute Gasteiger partial charge is 0.787 e. The van der Waals surface area contributed by atoms with Gasteiger partial charge in [-0.2, -0.15) is 0 Å². The maximum absolute atomic E-state index is 6.51. The van der Waals surface area contributed by atoms with E-state index in [-0.39, 0.29) is 0 Å². The van der Waals surface area contributed by atoms with Crippen molar-refractivity contribution < 1.29 is 8.85 Å². The minimum absolute atomic E-state index is 0.587. The summed E-state index contributed by atoms with van der Waals surface area (Å²) in [6.07, 6.45) is 1.17. The number of hydrogen-bond donors (Lipinski definition) is 0. The molecule has 0 aliphatic heterocycles. The first-order valence-corrected chi connectivity index (χ1v) is 12.8. The standard InChI is InChI=1S/C27H33N4O2Si/c1-30(2)28-26(20-23-14-8-5-9-15-23)32-34(22-25-18-12-7-13-19-25)33-27(29-31(3)4)21-24-16-10-6-11-17-24/h5-19H,20-22H2,1-4H3/q+1/b28-26-,29-27+. The van der Waals surface area contributed by atoms with Crippen LogP contribution in [-0.2, 0) is 27.7 Å². The van der Waals surface area contributed by atoms with E-state index in [9.17, 15) is 0 Å². The van der Waals surface area contributed by atoms with Gasteiger partial charge in [0.15, 0.2) is 6.04 Å². The molecular formula is C27H33N4O2Si+. The van der Waals surface area contributed by atoms with Gasteiger partial charge in [0, 0.05) is 28.2 Å². The van der Waals surface area contributed by atoms with Gasteiger partial charge in [-0.25, -0.2) is 0 Å². The van der Waals surface area contributed by atoms with Gasteiger partial charge in [0.2, 0.25) is 0 Å². The van der Waals surface area contributed by atoms with E-state index in [1.54, 1.807) is 10.0 Å². The van der Waals surface area contributed by atoms with Crippen LogP contribution >= 0.6 is 0 Å². The second-order valence-electron chi connectivity index (χ2n) is 8.25. The molecule has 0 saturated heterocycles. The maximum Gasteiger partial charge on any atom is 0.787 e. The van der Waals surface area contributed by atoms with E-state index in [1.807, 2.05) is 82.8 Å². The van der Waals surface area contributed by atoms with Gasteiger partial charge in [0.05, 0.1) is 12.8 Å². The predicted molar refractivity (Wildman–Crippen MR) is 141 cm³/mol. The molecule has 0 aromatic heterocycles. The fourth-order valence-corrected chi connectivity index (χ4v) is 4.80. The summed E-state index contributed by atoms with van der Waals surface area (Å²) >= 11 is 0. The molecule has 0 amide bonds. The average molecular weight is 474 g/mol. The summed E-state index contributed by atoms with van der Waals surface area (Å²) in [6, 6.07) is 31.4. The number of hydrazone groups is 2. The van der Waals surface area contributed by atoms with Crippen molar-refractivity contribution in [3.8, 4) is 0 Å². The molecule has 3 aromatic carbocycles. The topological polar surface area (TPSA) is 49.7 Å². The van der Waals surface area contributed by atoms with Gasteiger partial charge in [-0.15, -0.1) is 10.2 Å². The molecule has 0 spiro atoms. The lowest BCUT2D eigenvalue weighted by Gasteiger charge is -2.12. The minimum atomic E-state index is -1.84. The second kappa shape index (κ2) is 13.2. The zero-order valence-electron chi connectivity index (χ0n) is 20.4. The zero-order chi connectivity index (χ0) is 24.2. The molecule has 0 atom stereocenters. The Bertz CT molecular complexity index is 976. The van der Waals surface area contributed by atoms with Gasteiger partial charge < -0.3 is 8.85 Å². The van der Waals surface area contributed by atoms with Crippen LogP contribution in [0.4, 0.5) is 0 Å². The van der Waals surface area contributed by atoms with Crippen LogP contribution < -0.4 is 0 Å². The first kappa shape index (κ1) is 25.0. The zero-order valence-corrected chi connectivity index (χ0v) is 21.4. The number of benzene rings is 3. The van der Waals surface area contributed by atoms with E-state index in [2.05, 4.69) is 46.6 Å². The third-order valence-corrected chi connectivity index (χ3v) is 6.30. The van der Waals surface area contributed by atoms with Gasteiger partial charge in [-0.05, 0) is 16.7 Å². The van der Waals surface area contributed by atoms with Crippen molar-refractivity contribution in [3.05, 3.63) is 108 Å². The van der Waals surface area contributed by atoms with E-state index in [0.717, 1.165) is 16.7 Å². The number of rotatable bonds is 10. The Kier molecular flexibility index (Phi) is 9.73. The van der Waals surface area contributed by atoms with Gasteiger partial charge in [-0.3, -0.25) is 10.0 Å². The molecule has 3 rings (SSSR count). The van der Waals surface area contributed by atoms with Crippen LogP contribution in [-0.4, -0.2) is 59.3 Å². The van der Waals surface area contributed by atoms with Crippen LogP contribution in [0.15, 0.2) is 101 Å². The van der Waals surface area contributed by atoms with E-state index >= 15 is 0 Å². The van der Waals surface area contributed by atoms with Crippen molar-refractivity contribution in [3.63, 3.8) is 0 Å². The SMILES string of the molecule is CN(C)/N=C(/Cc1ccccc1)O[Si+](Cc1ccccc1)O/C(Cc1ccccc1)=N/N(C)C. The number of hydrogen-bond acceptors (Lipinski definition) is 6. The van der Waals surface area contributed by atoms with Crippen LogP contribution in [0.5, 0.6) is 0 Å².